The van der Waals surface area contributed by atoms with Crippen molar-refractivity contribution in [3.8, 4) is 0 Å². The Kier molecular flexibility index (Phi) is 7.10. The summed E-state index contributed by atoms with van der Waals surface area (Å²) in [6, 6.07) is 8.70. The molecule has 1 aromatic carbocycles. The summed E-state index contributed by atoms with van der Waals surface area (Å²) in [5.74, 6) is 1.29. The Bertz CT molecular complexity index is 749. The highest BCUT2D eigenvalue weighted by Gasteiger charge is 2.15. The van der Waals surface area contributed by atoms with Gasteiger partial charge in [-0.2, -0.15) is 0 Å². The van der Waals surface area contributed by atoms with E-state index in [1.165, 1.54) is 29.1 Å². The first-order chi connectivity index (χ1) is 13.2. The van der Waals surface area contributed by atoms with Crippen LogP contribution in [-0.2, 0) is 6.42 Å². The van der Waals surface area contributed by atoms with Gasteiger partial charge in [0.25, 0.3) is 0 Å². The molecule has 2 aromatic rings. The molecule has 1 aliphatic rings. The van der Waals surface area contributed by atoms with Gasteiger partial charge in [-0.3, -0.25) is 4.99 Å². The fourth-order valence-corrected chi connectivity index (χ4v) is 4.25. The van der Waals surface area contributed by atoms with Gasteiger partial charge in [0.15, 0.2) is 11.1 Å². The van der Waals surface area contributed by atoms with Gasteiger partial charge in [0.2, 0.25) is 0 Å². The Hall–Kier alpha value is -2.08. The van der Waals surface area contributed by atoms with Crippen molar-refractivity contribution in [2.45, 2.75) is 39.0 Å². The zero-order chi connectivity index (χ0) is 19.1. The number of guanidine groups is 1. The second-order valence-corrected chi connectivity index (χ2v) is 8.10. The van der Waals surface area contributed by atoms with Gasteiger partial charge in [-0.1, -0.05) is 36.8 Å². The van der Waals surface area contributed by atoms with Crippen molar-refractivity contribution in [3.05, 3.63) is 46.5 Å². The number of rotatable bonds is 7. The number of hydrogen-bond donors (Lipinski definition) is 2. The summed E-state index contributed by atoms with van der Waals surface area (Å²) in [4.78, 5) is 11.5. The number of aromatic nitrogens is 1. The molecule has 146 valence electrons. The average molecular weight is 386 g/mol. The Morgan fingerprint density at radius 2 is 2.11 bits per heavy atom. The smallest absolute Gasteiger partial charge is 0.191 e. The lowest BCUT2D eigenvalue weighted by atomic mass is 9.99. The van der Waals surface area contributed by atoms with Gasteiger partial charge in [0.1, 0.15) is 0 Å². The van der Waals surface area contributed by atoms with Crippen LogP contribution in [0.25, 0.3) is 0 Å². The van der Waals surface area contributed by atoms with Crippen LogP contribution in [0.15, 0.2) is 34.6 Å². The SMILES string of the molecule is CN=C(NCCc1csc(N2CCCC2)n1)NCC(C)c1cccc(C)c1. The second kappa shape index (κ2) is 9.74. The summed E-state index contributed by atoms with van der Waals surface area (Å²) in [6.45, 7) is 8.38. The maximum absolute atomic E-state index is 4.78. The van der Waals surface area contributed by atoms with E-state index in [2.05, 4.69) is 64.0 Å². The molecular formula is C21H31N5S. The Labute approximate surface area is 166 Å². The summed E-state index contributed by atoms with van der Waals surface area (Å²) >= 11 is 1.77. The van der Waals surface area contributed by atoms with Crippen LogP contribution in [0.5, 0.6) is 0 Å². The van der Waals surface area contributed by atoms with Gasteiger partial charge in [-0.25, -0.2) is 4.98 Å². The van der Waals surface area contributed by atoms with E-state index in [1.807, 2.05) is 7.05 Å². The van der Waals surface area contributed by atoms with Crippen LogP contribution >= 0.6 is 11.3 Å². The number of hydrogen-bond acceptors (Lipinski definition) is 4. The minimum Gasteiger partial charge on any atom is -0.356 e. The third kappa shape index (κ3) is 5.70. The van der Waals surface area contributed by atoms with Crippen LogP contribution in [0, 0.1) is 6.92 Å². The average Bonchev–Trinajstić information content (AvgIpc) is 3.35. The number of thiazole rings is 1. The monoisotopic (exact) mass is 385 g/mol. The number of anilines is 1. The molecule has 0 spiro atoms. The standard InChI is InChI=1S/C21H31N5S/c1-16-7-6-8-18(13-16)17(2)14-24-20(22-3)23-10-9-19-15-27-21(25-19)26-11-4-5-12-26/h6-8,13,15,17H,4-5,9-12,14H2,1-3H3,(H2,22,23,24). The molecule has 1 unspecified atom stereocenters. The molecule has 1 fully saturated rings. The molecular weight excluding hydrogens is 354 g/mol. The molecule has 1 aliphatic heterocycles. The van der Waals surface area contributed by atoms with Crippen molar-refractivity contribution in [1.82, 2.24) is 15.6 Å². The molecule has 3 rings (SSSR count). The molecule has 0 radical (unpaired) electrons. The van der Waals surface area contributed by atoms with Crippen molar-refractivity contribution in [2.24, 2.45) is 4.99 Å². The number of nitrogens with one attached hydrogen (secondary N) is 2. The molecule has 2 heterocycles. The minimum absolute atomic E-state index is 0.435. The van der Waals surface area contributed by atoms with Gasteiger partial charge in [-0.05, 0) is 31.2 Å². The molecule has 0 aliphatic carbocycles. The molecule has 27 heavy (non-hydrogen) atoms. The van der Waals surface area contributed by atoms with Crippen LogP contribution in [0.3, 0.4) is 0 Å². The maximum atomic E-state index is 4.78. The molecule has 0 amide bonds. The predicted molar refractivity (Wildman–Crippen MR) is 116 cm³/mol. The van der Waals surface area contributed by atoms with Crippen LogP contribution in [0.2, 0.25) is 0 Å². The number of nitrogens with zero attached hydrogens (tertiary/aromatic N) is 3. The highest BCUT2D eigenvalue weighted by molar-refractivity contribution is 7.13. The number of aliphatic imine (C=N–C) groups is 1. The van der Waals surface area contributed by atoms with Crippen molar-refractivity contribution in [2.75, 3.05) is 38.1 Å². The van der Waals surface area contributed by atoms with Gasteiger partial charge in [-0.15, -0.1) is 11.3 Å². The first kappa shape index (κ1) is 19.7. The summed E-state index contributed by atoms with van der Waals surface area (Å²) in [7, 11) is 1.82. The zero-order valence-electron chi connectivity index (χ0n) is 16.7. The van der Waals surface area contributed by atoms with E-state index in [-0.39, 0.29) is 0 Å². The summed E-state index contributed by atoms with van der Waals surface area (Å²) < 4.78 is 0. The molecule has 2 N–H and O–H groups in total. The summed E-state index contributed by atoms with van der Waals surface area (Å²) in [5, 5.41) is 10.2. The summed E-state index contributed by atoms with van der Waals surface area (Å²) in [5.41, 5.74) is 3.83. The Morgan fingerprint density at radius 1 is 1.30 bits per heavy atom. The van der Waals surface area contributed by atoms with E-state index in [1.54, 1.807) is 11.3 Å². The fourth-order valence-electron chi connectivity index (χ4n) is 3.34. The fraction of sp³-hybridized carbons (Fsp3) is 0.524. The molecule has 6 heteroatoms. The van der Waals surface area contributed by atoms with E-state index >= 15 is 0 Å². The first-order valence-corrected chi connectivity index (χ1v) is 10.7. The van der Waals surface area contributed by atoms with Crippen LogP contribution in [0.4, 0.5) is 5.13 Å². The Morgan fingerprint density at radius 3 is 2.85 bits per heavy atom. The molecule has 1 saturated heterocycles. The molecule has 5 nitrogen and oxygen atoms in total. The highest BCUT2D eigenvalue weighted by atomic mass is 32.1. The topological polar surface area (TPSA) is 52.6 Å². The van der Waals surface area contributed by atoms with Gasteiger partial charge < -0.3 is 15.5 Å². The van der Waals surface area contributed by atoms with Crippen LogP contribution in [0.1, 0.15) is 42.5 Å². The Balaban J connectivity index is 1.41. The van der Waals surface area contributed by atoms with E-state index in [4.69, 9.17) is 4.98 Å². The van der Waals surface area contributed by atoms with Gasteiger partial charge >= 0.3 is 0 Å². The van der Waals surface area contributed by atoms with Crippen LogP contribution in [-0.4, -0.2) is 44.2 Å². The van der Waals surface area contributed by atoms with E-state index in [9.17, 15) is 0 Å². The lowest BCUT2D eigenvalue weighted by molar-refractivity contribution is 0.696. The number of benzene rings is 1. The maximum Gasteiger partial charge on any atom is 0.191 e. The number of aryl methyl sites for hydroxylation is 1. The molecule has 1 atom stereocenters. The third-order valence-corrected chi connectivity index (χ3v) is 5.95. The highest BCUT2D eigenvalue weighted by Crippen LogP contribution is 2.24. The largest absolute Gasteiger partial charge is 0.356 e. The lowest BCUT2D eigenvalue weighted by Crippen LogP contribution is -2.39. The van der Waals surface area contributed by atoms with Crippen LogP contribution < -0.4 is 15.5 Å². The molecule has 0 saturated carbocycles. The van der Waals surface area contributed by atoms with E-state index in [0.29, 0.717) is 5.92 Å². The summed E-state index contributed by atoms with van der Waals surface area (Å²) in [6.07, 6.45) is 3.50. The van der Waals surface area contributed by atoms with E-state index in [0.717, 1.165) is 44.3 Å². The molecule has 1 aromatic heterocycles. The predicted octanol–water partition coefficient (Wildman–Crippen LogP) is 3.56. The zero-order valence-corrected chi connectivity index (χ0v) is 17.5. The van der Waals surface area contributed by atoms with E-state index < -0.39 is 0 Å². The van der Waals surface area contributed by atoms with Crippen molar-refractivity contribution < 1.29 is 0 Å². The normalized spacial score (nSPS) is 15.8. The van der Waals surface area contributed by atoms with Gasteiger partial charge in [0.05, 0.1) is 5.69 Å². The van der Waals surface area contributed by atoms with Crippen molar-refractivity contribution in [1.29, 1.82) is 0 Å². The third-order valence-electron chi connectivity index (χ3n) is 5.00. The van der Waals surface area contributed by atoms with Crippen molar-refractivity contribution in [3.63, 3.8) is 0 Å². The first-order valence-electron chi connectivity index (χ1n) is 9.86. The second-order valence-electron chi connectivity index (χ2n) is 7.26. The van der Waals surface area contributed by atoms with Crippen molar-refractivity contribution >= 4 is 22.4 Å². The lowest BCUT2D eigenvalue weighted by Gasteiger charge is -2.16. The minimum atomic E-state index is 0.435. The quantitative estimate of drug-likeness (QED) is 0.565. The van der Waals surface area contributed by atoms with Gasteiger partial charge in [0, 0.05) is 45.0 Å². The molecule has 0 bridgehead atoms.